The van der Waals surface area contributed by atoms with Crippen molar-refractivity contribution in [2.45, 2.75) is 49.1 Å². The topological polar surface area (TPSA) is 310 Å². The standard InChI is InChI=1S/C20H24N10O12P2/c21-19-23-1-7-15(27-19)29(5-25-7)17-11(31)13-9(39-17)3-37-44(35,36)42-14-10(4-38-43(33,34)41-13)40-18(12(14)32)30-6-26-8-2-24-20(22)28-16(8)30/h1-2,5-6,9-14,17-18,31-32H,3-4H2,(H,33,34)(H,35,36)(H2,21,23,27)(H2,22,24,28)/t9-,10+,11-,12-,13-,14-,17-,18-/m1/s1. The second-order valence-corrected chi connectivity index (χ2v) is 12.8. The predicted octanol–water partition coefficient (Wildman–Crippen LogP) is -1.63. The SMILES string of the molecule is Nc1ncc2ncn([C@@H]3O[C@H]4COP(=O)(O)O[C@H]5[C@@H](O)[C@H](n6cnc7cnc(N)nc76)O[C@@H]5COP(=O)(O)O[C@H]4[C@H]3O)c2n1. The van der Waals surface area contributed by atoms with Crippen LogP contribution in [0, 0.1) is 0 Å². The van der Waals surface area contributed by atoms with Crippen molar-refractivity contribution in [2.75, 3.05) is 24.7 Å². The zero-order chi connectivity index (χ0) is 31.0. The summed E-state index contributed by atoms with van der Waals surface area (Å²) in [5.74, 6) is -0.194. The monoisotopic (exact) mass is 658 g/mol. The van der Waals surface area contributed by atoms with Crippen molar-refractivity contribution in [2.24, 2.45) is 0 Å². The van der Waals surface area contributed by atoms with Crippen molar-refractivity contribution >= 4 is 49.9 Å². The highest BCUT2D eigenvalue weighted by Crippen LogP contribution is 2.53. The molecule has 7 heterocycles. The van der Waals surface area contributed by atoms with Gasteiger partial charge in [0.05, 0.1) is 38.3 Å². The number of phosphoric acid groups is 2. The number of nitrogens with two attached hydrogens (primary N) is 2. The molecule has 44 heavy (non-hydrogen) atoms. The number of nitrogen functional groups attached to an aromatic ring is 2. The average Bonchev–Trinajstić information content (AvgIpc) is 3.71. The van der Waals surface area contributed by atoms with Gasteiger partial charge in [0, 0.05) is 0 Å². The quantitative estimate of drug-likeness (QED) is 0.132. The fraction of sp³-hybridized carbons (Fsp3) is 0.500. The van der Waals surface area contributed by atoms with Crippen LogP contribution in [0.4, 0.5) is 11.9 Å². The van der Waals surface area contributed by atoms with Crippen LogP contribution in [-0.4, -0.2) is 109 Å². The van der Waals surface area contributed by atoms with E-state index in [-0.39, 0.29) is 23.2 Å². The number of nitrogens with zero attached hydrogens (tertiary/aromatic N) is 8. The van der Waals surface area contributed by atoms with Crippen LogP contribution in [0.15, 0.2) is 25.0 Å². The second-order valence-electron chi connectivity index (χ2n) is 9.96. The molecule has 4 aromatic heterocycles. The van der Waals surface area contributed by atoms with Crippen LogP contribution in [0.3, 0.4) is 0 Å². The van der Waals surface area contributed by atoms with Crippen molar-refractivity contribution in [1.82, 2.24) is 39.0 Å². The van der Waals surface area contributed by atoms with E-state index in [0.717, 1.165) is 0 Å². The lowest BCUT2D eigenvalue weighted by atomic mass is 10.1. The van der Waals surface area contributed by atoms with E-state index in [1.165, 1.54) is 34.2 Å². The second kappa shape index (κ2) is 10.7. The molecule has 0 bridgehead atoms. The van der Waals surface area contributed by atoms with Gasteiger partial charge in [0.1, 0.15) is 47.7 Å². The van der Waals surface area contributed by atoms with E-state index in [1.54, 1.807) is 0 Å². The molecule has 3 aliphatic heterocycles. The highest BCUT2D eigenvalue weighted by atomic mass is 31.2. The molecule has 0 amide bonds. The maximum atomic E-state index is 13.1. The van der Waals surface area contributed by atoms with Crippen molar-refractivity contribution in [3.05, 3.63) is 25.0 Å². The number of imidazole rings is 2. The van der Waals surface area contributed by atoms with Crippen molar-refractivity contribution < 1.29 is 56.7 Å². The van der Waals surface area contributed by atoms with Crippen LogP contribution in [0.5, 0.6) is 0 Å². The van der Waals surface area contributed by atoms with E-state index in [4.69, 9.17) is 39.0 Å². The first-order chi connectivity index (χ1) is 20.9. The van der Waals surface area contributed by atoms with Gasteiger partial charge in [0.2, 0.25) is 11.9 Å². The highest BCUT2D eigenvalue weighted by Gasteiger charge is 2.54. The maximum absolute atomic E-state index is 13.1. The number of ether oxygens (including phenoxy) is 2. The molecule has 22 nitrogen and oxygen atoms in total. The molecule has 24 heteroatoms. The summed E-state index contributed by atoms with van der Waals surface area (Å²) in [5.41, 5.74) is 12.3. The molecule has 3 aliphatic rings. The molecule has 3 saturated heterocycles. The third kappa shape index (κ3) is 5.23. The van der Waals surface area contributed by atoms with E-state index in [2.05, 4.69) is 29.9 Å². The zero-order valence-electron chi connectivity index (χ0n) is 22.0. The molecule has 3 fully saturated rings. The molecule has 4 aromatic rings. The minimum absolute atomic E-state index is 0.0970. The number of phosphoric ester groups is 2. The summed E-state index contributed by atoms with van der Waals surface area (Å²) in [6.07, 6.45) is -6.91. The zero-order valence-corrected chi connectivity index (χ0v) is 23.8. The summed E-state index contributed by atoms with van der Waals surface area (Å²) in [7, 11) is -10.0. The van der Waals surface area contributed by atoms with Gasteiger partial charge in [-0.1, -0.05) is 0 Å². The first-order valence-corrected chi connectivity index (χ1v) is 15.8. The Morgan fingerprint density at radius 3 is 1.55 bits per heavy atom. The molecule has 0 aliphatic carbocycles. The summed E-state index contributed by atoms with van der Waals surface area (Å²) in [4.78, 5) is 45.3. The number of anilines is 2. The molecule has 0 radical (unpaired) electrons. The largest absolute Gasteiger partial charge is 0.472 e. The first kappa shape index (κ1) is 29.5. The van der Waals surface area contributed by atoms with E-state index < -0.39 is 77.9 Å². The van der Waals surface area contributed by atoms with E-state index in [1.807, 2.05) is 0 Å². The van der Waals surface area contributed by atoms with Crippen LogP contribution < -0.4 is 11.5 Å². The molecule has 7 rings (SSSR count). The van der Waals surface area contributed by atoms with Gasteiger partial charge < -0.3 is 40.9 Å². The lowest BCUT2D eigenvalue weighted by Crippen LogP contribution is -2.39. The normalized spacial score (nSPS) is 38.3. The molecule has 8 N–H and O–H groups in total. The molecule has 236 valence electrons. The Morgan fingerprint density at radius 1 is 0.727 bits per heavy atom. The number of aromatic nitrogens is 8. The fourth-order valence-electron chi connectivity index (χ4n) is 5.18. The summed E-state index contributed by atoms with van der Waals surface area (Å²) < 4.78 is 61.2. The third-order valence-electron chi connectivity index (χ3n) is 7.15. The Balaban J connectivity index is 1.16. The Hall–Kier alpha value is -3.24. The Bertz CT molecular complexity index is 1690. The summed E-state index contributed by atoms with van der Waals surface area (Å²) in [6.45, 7) is -1.56. The van der Waals surface area contributed by atoms with Gasteiger partial charge >= 0.3 is 15.6 Å². The van der Waals surface area contributed by atoms with E-state index >= 15 is 0 Å². The number of fused-ring (bicyclic) bond motifs is 4. The molecular weight excluding hydrogens is 634 g/mol. The van der Waals surface area contributed by atoms with Crippen LogP contribution >= 0.6 is 15.6 Å². The van der Waals surface area contributed by atoms with Gasteiger partial charge in [0.25, 0.3) is 0 Å². The Morgan fingerprint density at radius 2 is 1.14 bits per heavy atom. The van der Waals surface area contributed by atoms with Crippen LogP contribution in [-0.2, 0) is 36.7 Å². The third-order valence-corrected chi connectivity index (χ3v) is 9.12. The number of aliphatic hydroxyl groups is 2. The lowest BCUT2D eigenvalue weighted by Gasteiger charge is -2.27. The maximum Gasteiger partial charge on any atom is 0.472 e. The molecule has 10 atom stereocenters. The van der Waals surface area contributed by atoms with Gasteiger partial charge in [-0.3, -0.25) is 27.2 Å². The minimum atomic E-state index is -5.00. The van der Waals surface area contributed by atoms with Crippen LogP contribution in [0.25, 0.3) is 22.3 Å². The highest BCUT2D eigenvalue weighted by molar-refractivity contribution is 7.47. The minimum Gasteiger partial charge on any atom is -0.386 e. The number of hydrogen-bond donors (Lipinski definition) is 6. The van der Waals surface area contributed by atoms with Crippen molar-refractivity contribution in [3.63, 3.8) is 0 Å². The van der Waals surface area contributed by atoms with Crippen LogP contribution in [0.2, 0.25) is 0 Å². The fourth-order valence-corrected chi connectivity index (χ4v) is 7.11. The number of aliphatic hydroxyl groups excluding tert-OH is 2. The lowest BCUT2D eigenvalue weighted by molar-refractivity contribution is -0.0664. The Kier molecular flexibility index (Phi) is 7.16. The first-order valence-electron chi connectivity index (χ1n) is 12.8. The van der Waals surface area contributed by atoms with Gasteiger partial charge in [-0.25, -0.2) is 29.1 Å². The van der Waals surface area contributed by atoms with E-state index in [0.29, 0.717) is 11.0 Å². The molecule has 0 aromatic carbocycles. The summed E-state index contributed by atoms with van der Waals surface area (Å²) >= 11 is 0. The van der Waals surface area contributed by atoms with Gasteiger partial charge in [0.15, 0.2) is 23.8 Å². The summed E-state index contributed by atoms with van der Waals surface area (Å²) in [6, 6.07) is 0. The van der Waals surface area contributed by atoms with Crippen molar-refractivity contribution in [3.8, 4) is 0 Å². The average molecular weight is 658 g/mol. The van der Waals surface area contributed by atoms with E-state index in [9.17, 15) is 29.1 Å². The smallest absolute Gasteiger partial charge is 0.386 e. The molecular formula is C20H24N10O12P2. The summed E-state index contributed by atoms with van der Waals surface area (Å²) in [5, 5.41) is 22.2. The molecule has 0 spiro atoms. The van der Waals surface area contributed by atoms with Gasteiger partial charge in [-0.05, 0) is 0 Å². The molecule has 0 saturated carbocycles. The predicted molar refractivity (Wildman–Crippen MR) is 141 cm³/mol. The van der Waals surface area contributed by atoms with Crippen molar-refractivity contribution in [1.29, 1.82) is 0 Å². The molecule has 2 unspecified atom stereocenters. The Labute approximate surface area is 244 Å². The number of hydrogen-bond acceptors (Lipinski definition) is 18. The van der Waals surface area contributed by atoms with Gasteiger partial charge in [-0.2, -0.15) is 9.97 Å². The van der Waals surface area contributed by atoms with Gasteiger partial charge in [-0.15, -0.1) is 0 Å². The number of rotatable bonds is 2. The van der Waals surface area contributed by atoms with Crippen LogP contribution in [0.1, 0.15) is 12.5 Å².